The van der Waals surface area contributed by atoms with Crippen LogP contribution in [0.1, 0.15) is 159 Å². The number of fused-ring (bicyclic) bond motifs is 7. The smallest absolute Gasteiger partial charge is 0.306 e. The molecule has 0 aliphatic heterocycles. The van der Waals surface area contributed by atoms with Gasteiger partial charge in [0.05, 0.1) is 19.3 Å². The summed E-state index contributed by atoms with van der Waals surface area (Å²) < 4.78 is 6.25. The molecule has 5 saturated carbocycles. The number of ether oxygens (including phenoxy) is 1. The Kier molecular flexibility index (Phi) is 10.3. The monoisotopic (exact) mass is 712 g/mol. The van der Waals surface area contributed by atoms with E-state index >= 15 is 0 Å². The molecule has 8 nitrogen and oxygen atoms in total. The first-order valence-electron chi connectivity index (χ1n) is 19.9. The predicted octanol–water partition coefficient (Wildman–Crippen LogP) is 9.21. The van der Waals surface area contributed by atoms with E-state index in [2.05, 4.69) is 53.4 Å². The van der Waals surface area contributed by atoms with Crippen LogP contribution in [0, 0.1) is 62.1 Å². The van der Waals surface area contributed by atoms with Crippen molar-refractivity contribution in [1.82, 2.24) is 5.32 Å². The summed E-state index contributed by atoms with van der Waals surface area (Å²) in [6.07, 6.45) is 10.4. The highest BCUT2D eigenvalue weighted by Crippen LogP contribution is 2.76. The van der Waals surface area contributed by atoms with E-state index < -0.39 is 22.8 Å². The highest BCUT2D eigenvalue weighted by molar-refractivity contribution is 5.79. The number of nitrogens with one attached hydrogen (secondary N) is 1. The van der Waals surface area contributed by atoms with Crippen molar-refractivity contribution in [1.29, 1.82) is 0 Å². The van der Waals surface area contributed by atoms with Crippen LogP contribution in [0.5, 0.6) is 0 Å². The van der Waals surface area contributed by atoms with Gasteiger partial charge in [0, 0.05) is 17.4 Å². The van der Waals surface area contributed by atoms with Gasteiger partial charge >= 0.3 is 17.9 Å². The van der Waals surface area contributed by atoms with E-state index in [0.717, 1.165) is 64.2 Å². The van der Waals surface area contributed by atoms with Crippen LogP contribution < -0.4 is 5.32 Å². The summed E-state index contributed by atoms with van der Waals surface area (Å²) in [6, 6.07) is 0. The van der Waals surface area contributed by atoms with E-state index in [1.165, 1.54) is 5.57 Å². The maximum absolute atomic E-state index is 13.7. The first-order valence-corrected chi connectivity index (χ1v) is 19.9. The van der Waals surface area contributed by atoms with E-state index in [0.29, 0.717) is 29.6 Å². The Morgan fingerprint density at radius 1 is 0.725 bits per heavy atom. The Hall–Kier alpha value is -2.38. The molecule has 288 valence electrons. The molecule has 8 heteroatoms. The van der Waals surface area contributed by atoms with Gasteiger partial charge in [-0.15, -0.1) is 0 Å². The first kappa shape index (κ1) is 39.8. The number of carboxylic acids is 2. The van der Waals surface area contributed by atoms with Gasteiger partial charge in [-0.1, -0.05) is 74.5 Å². The summed E-state index contributed by atoms with van der Waals surface area (Å²) in [5.41, 5.74) is -0.188. The number of allylic oxidation sites excluding steroid dienone is 1. The Morgan fingerprint density at radius 3 is 1.92 bits per heavy atom. The molecule has 10 atom stereocenters. The third kappa shape index (κ3) is 6.93. The summed E-state index contributed by atoms with van der Waals surface area (Å²) in [5, 5.41) is 22.4. The fourth-order valence-electron chi connectivity index (χ4n) is 13.8. The van der Waals surface area contributed by atoms with Crippen LogP contribution in [0.2, 0.25) is 0 Å². The fraction of sp³-hybridized carbons (Fsp3) is 0.860. The minimum absolute atomic E-state index is 0.0183. The zero-order chi connectivity index (χ0) is 38.2. The number of amides is 1. The van der Waals surface area contributed by atoms with Gasteiger partial charge in [-0.2, -0.15) is 0 Å². The molecule has 0 aromatic carbocycles. The van der Waals surface area contributed by atoms with Crippen molar-refractivity contribution in [3.63, 3.8) is 0 Å². The van der Waals surface area contributed by atoms with Gasteiger partial charge in [0.1, 0.15) is 6.10 Å². The number of carbonyl (C=O) groups excluding carboxylic acids is 2. The Bertz CT molecular complexity index is 1430. The standard InChI is InChI=1S/C43H69NO7/c1-26(2)27-14-19-43(44-32(45)22-37(3,4)23-33(46)47)21-20-41(10)28(36(27)43)12-13-30-40(9)17-16-31(39(7,8)29(40)15-18-42(30,41)11)51-35(50)25-38(5,6)24-34(48)49/h27-31,36H,1,12-25H2,2-11H3,(H,44,45)(H,46,47)(H,48,49)/t27-,28?,29-,30+,31?,36+,40?,41+,42?,43?/m0/s1. The highest BCUT2D eigenvalue weighted by atomic mass is 16.5. The summed E-state index contributed by atoms with van der Waals surface area (Å²) in [6.45, 7) is 26.4. The van der Waals surface area contributed by atoms with Crippen LogP contribution in [0.15, 0.2) is 12.2 Å². The lowest BCUT2D eigenvalue weighted by molar-refractivity contribution is -0.246. The largest absolute Gasteiger partial charge is 0.481 e. The molecule has 0 spiro atoms. The summed E-state index contributed by atoms with van der Waals surface area (Å²) in [4.78, 5) is 49.9. The van der Waals surface area contributed by atoms with Crippen LogP contribution in [0.3, 0.4) is 0 Å². The average molecular weight is 712 g/mol. The van der Waals surface area contributed by atoms with Crippen LogP contribution in [-0.2, 0) is 23.9 Å². The van der Waals surface area contributed by atoms with Gasteiger partial charge < -0.3 is 20.3 Å². The van der Waals surface area contributed by atoms with Crippen molar-refractivity contribution in [2.45, 2.75) is 171 Å². The molecule has 5 unspecified atom stereocenters. The number of carbonyl (C=O) groups is 4. The van der Waals surface area contributed by atoms with Crippen molar-refractivity contribution in [2.75, 3.05) is 0 Å². The van der Waals surface area contributed by atoms with E-state index in [1.807, 2.05) is 27.7 Å². The van der Waals surface area contributed by atoms with E-state index in [9.17, 15) is 29.4 Å². The number of aliphatic carboxylic acids is 2. The van der Waals surface area contributed by atoms with Gasteiger partial charge in [-0.3, -0.25) is 19.2 Å². The van der Waals surface area contributed by atoms with E-state index in [-0.39, 0.29) is 70.9 Å². The van der Waals surface area contributed by atoms with Crippen molar-refractivity contribution in [3.05, 3.63) is 12.2 Å². The molecule has 5 aliphatic rings. The topological polar surface area (TPSA) is 130 Å². The minimum atomic E-state index is -0.899. The lowest BCUT2D eigenvalue weighted by atomic mass is 9.32. The quantitative estimate of drug-likeness (QED) is 0.144. The van der Waals surface area contributed by atoms with Crippen LogP contribution in [0.4, 0.5) is 0 Å². The highest BCUT2D eigenvalue weighted by Gasteiger charge is 2.71. The second-order valence-corrected chi connectivity index (χ2v) is 21.1. The fourth-order valence-corrected chi connectivity index (χ4v) is 13.8. The van der Waals surface area contributed by atoms with Crippen LogP contribution in [-0.4, -0.2) is 45.7 Å². The van der Waals surface area contributed by atoms with Crippen molar-refractivity contribution >= 4 is 23.8 Å². The number of hydrogen-bond acceptors (Lipinski definition) is 5. The number of carboxylic acid groups (broad SMARTS) is 2. The number of esters is 1. The number of hydrogen-bond donors (Lipinski definition) is 3. The minimum Gasteiger partial charge on any atom is -0.481 e. The zero-order valence-corrected chi connectivity index (χ0v) is 33.5. The lowest BCUT2D eigenvalue weighted by Crippen LogP contribution is -2.69. The molecule has 5 fully saturated rings. The summed E-state index contributed by atoms with van der Waals surface area (Å²) in [7, 11) is 0. The Labute approximate surface area is 307 Å². The molecule has 3 N–H and O–H groups in total. The summed E-state index contributed by atoms with van der Waals surface area (Å²) in [5.74, 6) is 0.0145. The van der Waals surface area contributed by atoms with Gasteiger partial charge in [-0.05, 0) is 128 Å². The third-order valence-electron chi connectivity index (χ3n) is 16.2. The lowest BCUT2D eigenvalue weighted by Gasteiger charge is -2.73. The molecule has 5 rings (SSSR count). The normalized spacial score (nSPS) is 40.1. The van der Waals surface area contributed by atoms with Crippen molar-refractivity contribution in [3.8, 4) is 0 Å². The first-order chi connectivity index (χ1) is 23.3. The molecule has 51 heavy (non-hydrogen) atoms. The maximum atomic E-state index is 13.7. The third-order valence-corrected chi connectivity index (χ3v) is 16.2. The van der Waals surface area contributed by atoms with E-state index in [1.54, 1.807) is 0 Å². The molecule has 0 aromatic heterocycles. The molecule has 5 aliphatic carbocycles. The maximum Gasteiger partial charge on any atom is 0.306 e. The van der Waals surface area contributed by atoms with Crippen LogP contribution in [0.25, 0.3) is 0 Å². The van der Waals surface area contributed by atoms with Gasteiger partial charge in [0.25, 0.3) is 0 Å². The average Bonchev–Trinajstić information content (AvgIpc) is 3.32. The molecular formula is C43H69NO7. The second-order valence-electron chi connectivity index (χ2n) is 21.1. The molecule has 0 heterocycles. The second kappa shape index (κ2) is 13.2. The molecule has 0 saturated heterocycles. The van der Waals surface area contributed by atoms with Crippen molar-refractivity contribution in [2.24, 2.45) is 62.1 Å². The molecule has 0 aromatic rings. The molecule has 0 radical (unpaired) electrons. The van der Waals surface area contributed by atoms with Crippen molar-refractivity contribution < 1.29 is 34.1 Å². The van der Waals surface area contributed by atoms with Gasteiger partial charge in [-0.25, -0.2) is 0 Å². The Morgan fingerprint density at radius 2 is 1.33 bits per heavy atom. The van der Waals surface area contributed by atoms with Crippen LogP contribution >= 0.6 is 0 Å². The molecule has 1 amide bonds. The SMILES string of the molecule is C=C(C)[C@@H]1CCC2(NC(=O)CC(C)(C)CC(=O)O)CC[C@]3(C)C(CC[C@@H]4C5(C)CCC(OC(=O)CC(C)(C)CC(=O)O)C(C)(C)[C@@H]5CCC43C)[C@@H]12. The van der Waals surface area contributed by atoms with Gasteiger partial charge in [0.15, 0.2) is 0 Å². The van der Waals surface area contributed by atoms with Gasteiger partial charge in [0.2, 0.25) is 5.91 Å². The predicted molar refractivity (Wildman–Crippen MR) is 199 cm³/mol. The molecular weight excluding hydrogens is 642 g/mol. The van der Waals surface area contributed by atoms with E-state index in [4.69, 9.17) is 4.74 Å². The number of rotatable bonds is 11. The Balaban J connectivity index is 1.38. The summed E-state index contributed by atoms with van der Waals surface area (Å²) >= 11 is 0. The molecule has 0 bridgehead atoms. The zero-order valence-electron chi connectivity index (χ0n) is 33.5.